The molecule has 132 valence electrons. The van der Waals surface area contributed by atoms with Crippen LogP contribution in [0.25, 0.3) is 0 Å². The second kappa shape index (κ2) is 7.15. The summed E-state index contributed by atoms with van der Waals surface area (Å²) in [4.78, 5) is 27.8. The van der Waals surface area contributed by atoms with Crippen LogP contribution in [-0.4, -0.2) is 82.4 Å². The Morgan fingerprint density at radius 1 is 1.38 bits per heavy atom. The summed E-state index contributed by atoms with van der Waals surface area (Å²) in [6, 6.07) is 1.73. The van der Waals surface area contributed by atoms with Crippen LogP contribution in [0, 0.1) is 5.92 Å². The summed E-state index contributed by atoms with van der Waals surface area (Å²) in [7, 11) is 4.29. The zero-order valence-electron chi connectivity index (χ0n) is 15.2. The Kier molecular flexibility index (Phi) is 5.15. The van der Waals surface area contributed by atoms with E-state index in [2.05, 4.69) is 47.7 Å². The van der Waals surface area contributed by atoms with Crippen LogP contribution in [0.4, 0.5) is 0 Å². The molecule has 0 aliphatic carbocycles. The fourth-order valence-electron chi connectivity index (χ4n) is 4.54. The number of fused-ring (bicyclic) bond motifs is 1. The summed E-state index contributed by atoms with van der Waals surface area (Å²) in [6.45, 7) is 7.33. The Hall–Kier alpha value is -1.53. The van der Waals surface area contributed by atoms with Crippen LogP contribution >= 0.6 is 0 Å². The molecule has 3 rings (SSSR count). The maximum Gasteiger partial charge on any atom is 0.274 e. The molecule has 6 nitrogen and oxygen atoms in total. The molecule has 0 N–H and O–H groups in total. The smallest absolute Gasteiger partial charge is 0.274 e. The van der Waals surface area contributed by atoms with E-state index in [1.54, 1.807) is 18.6 Å². The summed E-state index contributed by atoms with van der Waals surface area (Å²) < 4.78 is 0. The van der Waals surface area contributed by atoms with Crippen molar-refractivity contribution in [2.24, 2.45) is 5.92 Å². The SMILES string of the molecule is CC(C)N1[C@H](CN(C)C)C[C@@H]2CN(C(=O)c3cnccn3)CC[C@@H]21. The Labute approximate surface area is 144 Å². The quantitative estimate of drug-likeness (QED) is 0.834. The number of amides is 1. The lowest BCUT2D eigenvalue weighted by Gasteiger charge is -2.40. The first-order chi connectivity index (χ1) is 11.5. The van der Waals surface area contributed by atoms with Gasteiger partial charge in [0.1, 0.15) is 5.69 Å². The minimum atomic E-state index is 0.0220. The molecule has 6 heteroatoms. The molecule has 0 aromatic carbocycles. The first-order valence-electron chi connectivity index (χ1n) is 8.94. The highest BCUT2D eigenvalue weighted by atomic mass is 16.2. The molecule has 0 spiro atoms. The van der Waals surface area contributed by atoms with Crippen molar-refractivity contribution in [2.75, 3.05) is 33.7 Å². The normalized spacial score (nSPS) is 27.8. The van der Waals surface area contributed by atoms with Crippen molar-refractivity contribution in [3.05, 3.63) is 24.3 Å². The molecule has 2 aliphatic heterocycles. The van der Waals surface area contributed by atoms with Crippen molar-refractivity contribution in [3.8, 4) is 0 Å². The average molecular weight is 331 g/mol. The lowest BCUT2D eigenvalue weighted by molar-refractivity contribution is 0.0517. The van der Waals surface area contributed by atoms with Gasteiger partial charge in [-0.25, -0.2) is 4.98 Å². The van der Waals surface area contributed by atoms with Crippen LogP contribution in [0.5, 0.6) is 0 Å². The van der Waals surface area contributed by atoms with Crippen molar-refractivity contribution in [1.29, 1.82) is 0 Å². The number of aromatic nitrogens is 2. The largest absolute Gasteiger partial charge is 0.337 e. The monoisotopic (exact) mass is 331 g/mol. The molecular formula is C18H29N5O. The van der Waals surface area contributed by atoms with Crippen molar-refractivity contribution in [2.45, 2.75) is 44.8 Å². The van der Waals surface area contributed by atoms with Crippen LogP contribution in [0.3, 0.4) is 0 Å². The maximum atomic E-state index is 12.7. The van der Waals surface area contributed by atoms with Gasteiger partial charge in [0.25, 0.3) is 5.91 Å². The van der Waals surface area contributed by atoms with Gasteiger partial charge in [-0.1, -0.05) is 0 Å². The standard InChI is InChI=1S/C18H29N5O/c1-13(2)23-15(12-21(3)4)9-14-11-22(8-5-17(14)23)18(24)16-10-19-6-7-20-16/h6-7,10,13-15,17H,5,8-9,11-12H2,1-4H3/t14-,15+,17+/m1/s1. The summed E-state index contributed by atoms with van der Waals surface area (Å²) in [6.07, 6.45) is 6.98. The van der Waals surface area contributed by atoms with E-state index in [0.29, 0.717) is 29.7 Å². The predicted octanol–water partition coefficient (Wildman–Crippen LogP) is 1.35. The van der Waals surface area contributed by atoms with Gasteiger partial charge in [0.2, 0.25) is 0 Å². The third-order valence-electron chi connectivity index (χ3n) is 5.31. The third kappa shape index (κ3) is 3.44. The molecule has 0 bridgehead atoms. The summed E-state index contributed by atoms with van der Waals surface area (Å²) >= 11 is 0. The van der Waals surface area contributed by atoms with Gasteiger partial charge in [0.05, 0.1) is 6.20 Å². The Morgan fingerprint density at radius 2 is 2.17 bits per heavy atom. The number of rotatable bonds is 4. The van der Waals surface area contributed by atoms with Crippen molar-refractivity contribution in [3.63, 3.8) is 0 Å². The average Bonchev–Trinajstić information content (AvgIpc) is 2.91. The van der Waals surface area contributed by atoms with Gasteiger partial charge in [-0.2, -0.15) is 0 Å². The number of carbonyl (C=O) groups excluding carboxylic acids is 1. The van der Waals surface area contributed by atoms with Crippen LogP contribution in [0.15, 0.2) is 18.6 Å². The Balaban J connectivity index is 1.71. The molecule has 1 amide bonds. The zero-order chi connectivity index (χ0) is 17.3. The molecule has 0 saturated carbocycles. The number of likely N-dealkylation sites (N-methyl/N-ethyl adjacent to an activating group) is 1. The van der Waals surface area contributed by atoms with E-state index in [9.17, 15) is 4.79 Å². The molecule has 0 unspecified atom stereocenters. The van der Waals surface area contributed by atoms with Crippen LogP contribution in [-0.2, 0) is 0 Å². The van der Waals surface area contributed by atoms with E-state index in [1.165, 1.54) is 6.42 Å². The summed E-state index contributed by atoms with van der Waals surface area (Å²) in [5.41, 5.74) is 0.458. The second-order valence-corrected chi connectivity index (χ2v) is 7.65. The maximum absolute atomic E-state index is 12.7. The zero-order valence-corrected chi connectivity index (χ0v) is 15.2. The number of piperidine rings is 1. The molecule has 2 fully saturated rings. The number of hydrogen-bond donors (Lipinski definition) is 0. The van der Waals surface area contributed by atoms with Gasteiger partial charge >= 0.3 is 0 Å². The summed E-state index contributed by atoms with van der Waals surface area (Å²) in [5, 5.41) is 0. The van der Waals surface area contributed by atoms with E-state index < -0.39 is 0 Å². The molecule has 1 aromatic heterocycles. The van der Waals surface area contributed by atoms with Gasteiger partial charge in [-0.3, -0.25) is 14.7 Å². The molecule has 3 atom stereocenters. The first-order valence-corrected chi connectivity index (χ1v) is 8.94. The number of carbonyl (C=O) groups is 1. The van der Waals surface area contributed by atoms with Gasteiger partial charge < -0.3 is 9.80 Å². The van der Waals surface area contributed by atoms with E-state index >= 15 is 0 Å². The lowest BCUT2D eigenvalue weighted by Crippen LogP contribution is -2.51. The topological polar surface area (TPSA) is 52.6 Å². The van der Waals surface area contributed by atoms with Gasteiger partial charge in [-0.05, 0) is 46.7 Å². The molecular weight excluding hydrogens is 302 g/mol. The minimum absolute atomic E-state index is 0.0220. The van der Waals surface area contributed by atoms with Crippen molar-refractivity contribution >= 4 is 5.91 Å². The molecule has 2 aliphatic rings. The third-order valence-corrected chi connectivity index (χ3v) is 5.31. The van der Waals surface area contributed by atoms with Crippen molar-refractivity contribution < 1.29 is 4.79 Å². The number of nitrogens with zero attached hydrogens (tertiary/aromatic N) is 5. The van der Waals surface area contributed by atoms with Crippen LogP contribution in [0.2, 0.25) is 0 Å². The highest BCUT2D eigenvalue weighted by Gasteiger charge is 2.45. The molecule has 1 aromatic rings. The second-order valence-electron chi connectivity index (χ2n) is 7.65. The highest BCUT2D eigenvalue weighted by Crippen LogP contribution is 2.37. The first kappa shape index (κ1) is 17.3. The van der Waals surface area contributed by atoms with Gasteiger partial charge in [-0.15, -0.1) is 0 Å². The molecule has 2 saturated heterocycles. The number of hydrogen-bond acceptors (Lipinski definition) is 5. The van der Waals surface area contributed by atoms with E-state index in [0.717, 1.165) is 26.1 Å². The molecule has 3 heterocycles. The predicted molar refractivity (Wildman–Crippen MR) is 93.8 cm³/mol. The van der Waals surface area contributed by atoms with Crippen LogP contribution < -0.4 is 0 Å². The highest BCUT2D eigenvalue weighted by molar-refractivity contribution is 5.92. The van der Waals surface area contributed by atoms with Gasteiger partial charge in [0, 0.05) is 50.2 Å². The molecule has 0 radical (unpaired) electrons. The van der Waals surface area contributed by atoms with E-state index in [1.807, 2.05) is 4.90 Å². The van der Waals surface area contributed by atoms with Crippen LogP contribution in [0.1, 0.15) is 37.2 Å². The number of likely N-dealkylation sites (tertiary alicyclic amines) is 2. The van der Waals surface area contributed by atoms with Crippen molar-refractivity contribution in [1.82, 2.24) is 24.7 Å². The van der Waals surface area contributed by atoms with E-state index in [-0.39, 0.29) is 5.91 Å². The fourth-order valence-corrected chi connectivity index (χ4v) is 4.54. The van der Waals surface area contributed by atoms with Gasteiger partial charge in [0.15, 0.2) is 0 Å². The summed E-state index contributed by atoms with van der Waals surface area (Å²) in [5.74, 6) is 0.584. The Bertz CT molecular complexity index is 562. The fraction of sp³-hybridized carbons (Fsp3) is 0.722. The molecule has 24 heavy (non-hydrogen) atoms. The lowest BCUT2D eigenvalue weighted by atomic mass is 9.91. The minimum Gasteiger partial charge on any atom is -0.337 e. The Morgan fingerprint density at radius 3 is 2.79 bits per heavy atom. The van der Waals surface area contributed by atoms with E-state index in [4.69, 9.17) is 0 Å².